The molecule has 3 N–H and O–H groups in total. The third-order valence-corrected chi connectivity index (χ3v) is 8.58. The van der Waals surface area contributed by atoms with E-state index >= 15 is 0 Å². The van der Waals surface area contributed by atoms with Gasteiger partial charge < -0.3 is 30.0 Å². The predicted octanol–water partition coefficient (Wildman–Crippen LogP) is 4.06. The number of amides is 1. The van der Waals surface area contributed by atoms with Crippen molar-refractivity contribution < 1.29 is 19.1 Å². The topological polar surface area (TPSA) is 121 Å². The molecule has 1 aliphatic heterocycles. The number of methoxy groups -OCH3 is 2. The molecule has 2 atom stereocenters. The Labute approximate surface area is 219 Å². The number of rotatable bonds is 7. The Morgan fingerprint density at radius 2 is 2.03 bits per heavy atom. The first-order chi connectivity index (χ1) is 16.8. The quantitative estimate of drug-likeness (QED) is 0.371. The molecule has 188 valence electrons. The zero-order valence-corrected chi connectivity index (χ0v) is 22.5. The zero-order valence-electron chi connectivity index (χ0n) is 19.4. The van der Waals surface area contributed by atoms with Crippen LogP contribution in [0.2, 0.25) is 10.0 Å². The second-order valence-corrected chi connectivity index (χ2v) is 10.4. The van der Waals surface area contributed by atoms with Crippen LogP contribution in [0.4, 0.5) is 10.3 Å². The van der Waals surface area contributed by atoms with Crippen molar-refractivity contribution in [3.63, 3.8) is 0 Å². The van der Waals surface area contributed by atoms with Crippen molar-refractivity contribution in [1.29, 1.82) is 0 Å². The zero-order chi connectivity index (χ0) is 25.3. The molecular weight excluding hydrogens is 535 g/mol. The summed E-state index contributed by atoms with van der Waals surface area (Å²) in [6.45, 7) is 2.80. The van der Waals surface area contributed by atoms with E-state index in [4.69, 9.17) is 37.7 Å². The minimum atomic E-state index is -0.468. The largest absolute Gasteiger partial charge is 0.465 e. The predicted molar refractivity (Wildman–Crippen MR) is 139 cm³/mol. The van der Waals surface area contributed by atoms with Gasteiger partial charge in [-0.3, -0.25) is 4.79 Å². The monoisotopic (exact) mass is 558 g/mol. The number of H-pyrrole nitrogens is 1. The fraction of sp³-hybridized carbons (Fsp3) is 0.429. The number of aryl methyl sites for hydroxylation is 1. The van der Waals surface area contributed by atoms with E-state index in [1.54, 1.807) is 21.1 Å². The molecule has 35 heavy (non-hydrogen) atoms. The lowest BCUT2D eigenvalue weighted by Crippen LogP contribution is -2.55. The van der Waals surface area contributed by atoms with E-state index in [9.17, 15) is 9.59 Å². The highest BCUT2D eigenvalue weighted by molar-refractivity contribution is 7.18. The second-order valence-electron chi connectivity index (χ2n) is 7.80. The third kappa shape index (κ3) is 5.12. The Bertz CT molecular complexity index is 1240. The van der Waals surface area contributed by atoms with Gasteiger partial charge in [0, 0.05) is 38.3 Å². The van der Waals surface area contributed by atoms with Crippen LogP contribution in [-0.2, 0) is 9.47 Å². The van der Waals surface area contributed by atoms with Crippen LogP contribution in [0, 0.1) is 6.92 Å². The highest BCUT2D eigenvalue weighted by Crippen LogP contribution is 2.36. The van der Waals surface area contributed by atoms with Crippen LogP contribution in [-0.4, -0.2) is 73.3 Å². The van der Waals surface area contributed by atoms with Gasteiger partial charge in [0.15, 0.2) is 10.3 Å². The summed E-state index contributed by atoms with van der Waals surface area (Å²) in [6.07, 6.45) is 0.278. The van der Waals surface area contributed by atoms with Gasteiger partial charge in [0.2, 0.25) is 0 Å². The first-order valence-electron chi connectivity index (χ1n) is 10.6. The molecule has 0 aromatic carbocycles. The first-order valence-corrected chi connectivity index (χ1v) is 13.1. The number of ether oxygens (including phenoxy) is 2. The number of esters is 1. The van der Waals surface area contributed by atoms with Crippen molar-refractivity contribution in [3.05, 3.63) is 31.7 Å². The maximum atomic E-state index is 12.8. The number of carbonyl (C=O) groups excluding carboxylic acids is 2. The van der Waals surface area contributed by atoms with E-state index in [0.717, 1.165) is 5.13 Å². The lowest BCUT2D eigenvalue weighted by Gasteiger charge is -2.37. The summed E-state index contributed by atoms with van der Waals surface area (Å²) in [5.74, 6) is -0.816. The van der Waals surface area contributed by atoms with E-state index in [2.05, 4.69) is 20.6 Å². The third-order valence-electron chi connectivity index (χ3n) is 5.68. The smallest absolute Gasteiger partial charge is 0.350 e. The average Bonchev–Trinajstić information content (AvgIpc) is 3.58. The molecule has 3 aromatic heterocycles. The van der Waals surface area contributed by atoms with Crippen molar-refractivity contribution in [2.45, 2.75) is 25.5 Å². The maximum Gasteiger partial charge on any atom is 0.350 e. The van der Waals surface area contributed by atoms with E-state index in [-0.39, 0.29) is 28.8 Å². The number of thiazole rings is 2. The van der Waals surface area contributed by atoms with Crippen LogP contribution in [0.5, 0.6) is 0 Å². The minimum Gasteiger partial charge on any atom is -0.465 e. The van der Waals surface area contributed by atoms with Crippen molar-refractivity contribution >= 4 is 68.0 Å². The number of halogens is 2. The molecule has 0 bridgehead atoms. The lowest BCUT2D eigenvalue weighted by atomic mass is 10.0. The Hall–Kier alpha value is -2.38. The number of piperidine rings is 1. The average molecular weight is 560 g/mol. The van der Waals surface area contributed by atoms with Crippen molar-refractivity contribution in [1.82, 2.24) is 20.3 Å². The summed E-state index contributed by atoms with van der Waals surface area (Å²) >= 11 is 15.0. The summed E-state index contributed by atoms with van der Waals surface area (Å²) in [4.78, 5) is 39.8. The molecule has 10 nitrogen and oxygen atoms in total. The van der Waals surface area contributed by atoms with Gasteiger partial charge in [-0.2, -0.15) is 0 Å². The van der Waals surface area contributed by atoms with E-state index in [1.807, 2.05) is 10.3 Å². The molecule has 4 heterocycles. The number of hydrogen-bond acceptors (Lipinski definition) is 10. The number of anilines is 2. The fourth-order valence-corrected chi connectivity index (χ4v) is 5.91. The van der Waals surface area contributed by atoms with Crippen LogP contribution in [0.1, 0.15) is 32.3 Å². The molecule has 1 fully saturated rings. The SMILES string of the molecule is CNc1nc(-c2nc(N3CC[C@@H](NC(=O)c4[nH]c(C)c(Cl)c4Cl)[C@@H](OC)C3)sc2C(=O)OC)cs1. The number of nitrogens with one attached hydrogen (secondary N) is 3. The number of nitrogens with zero attached hydrogens (tertiary/aromatic N) is 3. The number of carbonyl (C=O) groups is 2. The van der Waals surface area contributed by atoms with E-state index in [1.165, 1.54) is 29.8 Å². The Kier molecular flexibility index (Phi) is 7.86. The van der Waals surface area contributed by atoms with Gasteiger partial charge in [-0.15, -0.1) is 11.3 Å². The Morgan fingerprint density at radius 1 is 1.26 bits per heavy atom. The van der Waals surface area contributed by atoms with Crippen LogP contribution in [0.3, 0.4) is 0 Å². The standard InChI is InChI=1S/C21H24Cl2N6O4S2/c1-9-13(22)14(23)16(25-9)18(30)26-10-5-6-29(7-12(10)32-3)21-28-15(17(35-21)19(31)33-4)11-8-34-20(24-2)27-11/h8,10,12,25H,5-7H2,1-4H3,(H,24,27)(H,26,30)/t10-,12+/m1/s1. The first kappa shape index (κ1) is 25.7. The normalized spacial score (nSPS) is 17.9. The highest BCUT2D eigenvalue weighted by Gasteiger charge is 2.34. The Balaban J connectivity index is 1.53. The number of aromatic amines is 1. The molecule has 0 spiro atoms. The molecule has 0 radical (unpaired) electrons. The molecular formula is C21H24Cl2N6O4S2. The number of hydrogen-bond donors (Lipinski definition) is 3. The van der Waals surface area contributed by atoms with Crippen LogP contribution in [0.15, 0.2) is 5.38 Å². The molecule has 4 rings (SSSR count). The molecule has 0 unspecified atom stereocenters. The molecule has 14 heteroatoms. The molecule has 1 saturated heterocycles. The summed E-state index contributed by atoms with van der Waals surface area (Å²) in [7, 11) is 4.72. The van der Waals surface area contributed by atoms with Gasteiger partial charge in [-0.05, 0) is 13.3 Å². The van der Waals surface area contributed by atoms with Gasteiger partial charge in [0.05, 0.1) is 29.3 Å². The van der Waals surface area contributed by atoms with Crippen molar-refractivity contribution in [2.24, 2.45) is 0 Å². The van der Waals surface area contributed by atoms with Crippen molar-refractivity contribution in [2.75, 3.05) is 44.6 Å². The van der Waals surface area contributed by atoms with E-state index < -0.39 is 5.97 Å². The molecule has 0 aliphatic carbocycles. The van der Waals surface area contributed by atoms with Gasteiger partial charge in [0.25, 0.3) is 5.91 Å². The molecule has 1 amide bonds. The fourth-order valence-electron chi connectivity index (χ4n) is 3.81. The molecule has 3 aromatic rings. The van der Waals surface area contributed by atoms with Crippen LogP contribution >= 0.6 is 45.9 Å². The summed E-state index contributed by atoms with van der Waals surface area (Å²) in [5.41, 5.74) is 1.93. The Morgan fingerprint density at radius 3 is 2.63 bits per heavy atom. The van der Waals surface area contributed by atoms with Gasteiger partial charge >= 0.3 is 5.97 Å². The molecule has 1 aliphatic rings. The second kappa shape index (κ2) is 10.7. The van der Waals surface area contributed by atoms with Crippen molar-refractivity contribution in [3.8, 4) is 11.4 Å². The summed E-state index contributed by atoms with van der Waals surface area (Å²) < 4.78 is 10.7. The summed E-state index contributed by atoms with van der Waals surface area (Å²) in [5, 5.41) is 9.74. The van der Waals surface area contributed by atoms with Crippen LogP contribution < -0.4 is 15.5 Å². The highest BCUT2D eigenvalue weighted by atomic mass is 35.5. The van der Waals surface area contributed by atoms with E-state index in [0.29, 0.717) is 51.6 Å². The van der Waals surface area contributed by atoms with Gasteiger partial charge in [0.1, 0.15) is 22.0 Å². The van der Waals surface area contributed by atoms with Crippen LogP contribution in [0.25, 0.3) is 11.4 Å². The molecule has 0 saturated carbocycles. The number of aromatic nitrogens is 3. The summed E-state index contributed by atoms with van der Waals surface area (Å²) in [6, 6.07) is -0.251. The van der Waals surface area contributed by atoms with Gasteiger partial charge in [-0.1, -0.05) is 34.5 Å². The maximum absolute atomic E-state index is 12.8. The van der Waals surface area contributed by atoms with Gasteiger partial charge in [-0.25, -0.2) is 14.8 Å². The lowest BCUT2D eigenvalue weighted by molar-refractivity contribution is 0.0540. The minimum absolute atomic E-state index is 0.196.